The molecule has 0 radical (unpaired) electrons. The van der Waals surface area contributed by atoms with Crippen LogP contribution in [0.4, 0.5) is 22.9 Å². The Balaban J connectivity index is 1.64. The van der Waals surface area contributed by atoms with Crippen molar-refractivity contribution in [2.24, 2.45) is 0 Å². The molecule has 0 spiro atoms. The minimum absolute atomic E-state index is 0.417. The highest BCUT2D eigenvalue weighted by atomic mass is 35.5. The molecule has 1 N–H and O–H groups in total. The van der Waals surface area contributed by atoms with Gasteiger partial charge in [-0.15, -0.1) is 0 Å². The Kier molecular flexibility index (Phi) is 5.38. The summed E-state index contributed by atoms with van der Waals surface area (Å²) in [6.45, 7) is 6.60. The number of ether oxygens (including phenoxy) is 2. The summed E-state index contributed by atoms with van der Waals surface area (Å²) >= 11 is 5.98. The van der Waals surface area contributed by atoms with E-state index >= 15 is 0 Å². The predicted molar refractivity (Wildman–Crippen MR) is 103 cm³/mol. The Morgan fingerprint density at radius 1 is 0.808 bits per heavy atom. The van der Waals surface area contributed by atoms with Crippen molar-refractivity contribution in [3.05, 3.63) is 35.7 Å². The van der Waals surface area contributed by atoms with Crippen molar-refractivity contribution < 1.29 is 9.47 Å². The molecule has 2 aliphatic rings. The van der Waals surface area contributed by atoms with Gasteiger partial charge in [-0.25, -0.2) is 9.97 Å². The van der Waals surface area contributed by atoms with Crippen molar-refractivity contribution in [3.8, 4) is 0 Å². The molecule has 7 nitrogen and oxygen atoms in total. The Morgan fingerprint density at radius 3 is 1.92 bits per heavy atom. The van der Waals surface area contributed by atoms with Gasteiger partial charge >= 0.3 is 0 Å². The molecule has 2 aliphatic heterocycles. The first-order chi connectivity index (χ1) is 12.8. The molecule has 26 heavy (non-hydrogen) atoms. The van der Waals surface area contributed by atoms with Crippen molar-refractivity contribution in [2.45, 2.75) is 0 Å². The third kappa shape index (κ3) is 4.17. The van der Waals surface area contributed by atoms with Crippen LogP contribution < -0.4 is 15.1 Å². The molecule has 0 aliphatic carbocycles. The van der Waals surface area contributed by atoms with Crippen LogP contribution >= 0.6 is 11.6 Å². The summed E-state index contributed by atoms with van der Waals surface area (Å²) in [7, 11) is 0. The fraction of sp³-hybridized carbons (Fsp3) is 0.444. The van der Waals surface area contributed by atoms with E-state index < -0.39 is 0 Å². The quantitative estimate of drug-likeness (QED) is 0.824. The van der Waals surface area contributed by atoms with Gasteiger partial charge in [0.25, 0.3) is 0 Å². The molecule has 0 saturated carbocycles. The summed E-state index contributed by atoms with van der Waals surface area (Å²) < 4.78 is 11.0. The van der Waals surface area contributed by atoms with Gasteiger partial charge in [0.15, 0.2) is 0 Å². The third-order valence-corrected chi connectivity index (χ3v) is 4.77. The second-order valence-corrected chi connectivity index (χ2v) is 6.68. The maximum absolute atomic E-state index is 5.98. The zero-order valence-corrected chi connectivity index (χ0v) is 15.3. The number of morpholine rings is 2. The summed E-state index contributed by atoms with van der Waals surface area (Å²) in [4.78, 5) is 12.9. The summed E-state index contributed by atoms with van der Waals surface area (Å²) in [5.74, 6) is 0.678. The second-order valence-electron chi connectivity index (χ2n) is 6.29. The largest absolute Gasteiger partial charge is 0.378 e. The number of anilines is 4. The molecule has 2 aromatic rings. The highest BCUT2D eigenvalue weighted by Gasteiger charge is 2.17. The van der Waals surface area contributed by atoms with Crippen LogP contribution in [0.5, 0.6) is 0 Å². The number of rotatable bonds is 4. The van der Waals surface area contributed by atoms with Crippen LogP contribution in [-0.4, -0.2) is 62.6 Å². The lowest BCUT2D eigenvalue weighted by Crippen LogP contribution is -2.38. The average molecular weight is 376 g/mol. The Hall–Kier alpha value is -2.09. The van der Waals surface area contributed by atoms with Crippen LogP contribution in [0.3, 0.4) is 0 Å². The van der Waals surface area contributed by atoms with Crippen molar-refractivity contribution in [3.63, 3.8) is 0 Å². The fourth-order valence-corrected chi connectivity index (χ4v) is 3.37. The minimum Gasteiger partial charge on any atom is -0.378 e. The van der Waals surface area contributed by atoms with Crippen molar-refractivity contribution in [1.82, 2.24) is 9.97 Å². The lowest BCUT2D eigenvalue weighted by molar-refractivity contribution is 0.122. The number of halogens is 1. The summed E-state index contributed by atoms with van der Waals surface area (Å²) in [5, 5.41) is 3.77. The molecule has 0 atom stereocenters. The molecule has 3 heterocycles. The van der Waals surface area contributed by atoms with Gasteiger partial charge in [0.05, 0.1) is 26.4 Å². The molecule has 0 unspecified atom stereocenters. The van der Waals surface area contributed by atoms with Gasteiger partial charge in [-0.1, -0.05) is 11.6 Å². The van der Waals surface area contributed by atoms with Gasteiger partial charge in [-0.05, 0) is 18.2 Å². The van der Waals surface area contributed by atoms with E-state index in [1.54, 1.807) is 6.07 Å². The van der Waals surface area contributed by atoms with Gasteiger partial charge in [0.1, 0.15) is 17.3 Å². The Bertz CT molecular complexity index is 712. The van der Waals surface area contributed by atoms with E-state index in [9.17, 15) is 0 Å². The van der Waals surface area contributed by atoms with Crippen molar-refractivity contribution in [2.75, 3.05) is 67.7 Å². The summed E-state index contributed by atoms with van der Waals surface area (Å²) in [5.41, 5.74) is 3.34. The van der Waals surface area contributed by atoms with Crippen LogP contribution in [0.1, 0.15) is 0 Å². The number of nitrogens with one attached hydrogen (secondary N) is 1. The number of hydrogen-bond acceptors (Lipinski definition) is 7. The van der Waals surface area contributed by atoms with Gasteiger partial charge < -0.3 is 24.6 Å². The standard InChI is InChI=1S/C18H22ClN5O2/c19-17-12-18(21-13-20-17)22-14-9-15(23-1-5-25-6-2-23)11-16(10-14)24-3-7-26-8-4-24/h9-13H,1-8H2,(H,20,21,22). The molecule has 4 rings (SSSR count). The first-order valence-corrected chi connectivity index (χ1v) is 9.21. The highest BCUT2D eigenvalue weighted by molar-refractivity contribution is 6.29. The van der Waals surface area contributed by atoms with Gasteiger partial charge in [-0.2, -0.15) is 0 Å². The lowest BCUT2D eigenvalue weighted by Gasteiger charge is -2.33. The zero-order chi connectivity index (χ0) is 17.8. The van der Waals surface area contributed by atoms with Crippen molar-refractivity contribution in [1.29, 1.82) is 0 Å². The van der Waals surface area contributed by atoms with E-state index in [2.05, 4.69) is 43.3 Å². The van der Waals surface area contributed by atoms with Crippen LogP contribution in [0, 0.1) is 0 Å². The van der Waals surface area contributed by atoms with Crippen molar-refractivity contribution >= 4 is 34.5 Å². The van der Waals surface area contributed by atoms with Gasteiger partial charge in [0.2, 0.25) is 0 Å². The molecule has 1 aromatic heterocycles. The average Bonchev–Trinajstić information content (AvgIpc) is 2.69. The van der Waals surface area contributed by atoms with Crippen LogP contribution in [-0.2, 0) is 9.47 Å². The molecule has 8 heteroatoms. The monoisotopic (exact) mass is 375 g/mol. The Labute approximate surface area is 157 Å². The number of hydrogen-bond donors (Lipinski definition) is 1. The fourth-order valence-electron chi connectivity index (χ4n) is 3.23. The Morgan fingerprint density at radius 2 is 1.38 bits per heavy atom. The predicted octanol–water partition coefficient (Wildman–Crippen LogP) is 2.55. The number of nitrogens with zero attached hydrogens (tertiary/aromatic N) is 4. The van der Waals surface area contributed by atoms with E-state index in [0.717, 1.165) is 58.3 Å². The highest BCUT2D eigenvalue weighted by Crippen LogP contribution is 2.30. The SMILES string of the molecule is Clc1cc(Nc2cc(N3CCOCC3)cc(N3CCOCC3)c2)ncn1. The molecule has 1 aromatic carbocycles. The van der Waals surface area contributed by atoms with Crippen LogP contribution in [0.25, 0.3) is 0 Å². The first-order valence-electron chi connectivity index (χ1n) is 8.83. The normalized spacial score (nSPS) is 18.0. The molecule has 2 fully saturated rings. The molecule has 0 amide bonds. The number of aromatic nitrogens is 2. The van der Waals surface area contributed by atoms with Crippen LogP contribution in [0.2, 0.25) is 5.15 Å². The molecular formula is C18H22ClN5O2. The third-order valence-electron chi connectivity index (χ3n) is 4.56. The van der Waals surface area contributed by atoms with E-state index in [1.807, 2.05) is 0 Å². The van der Waals surface area contributed by atoms with E-state index in [1.165, 1.54) is 17.7 Å². The summed E-state index contributed by atoms with van der Waals surface area (Å²) in [6, 6.07) is 8.25. The second kappa shape index (κ2) is 8.07. The molecule has 138 valence electrons. The van der Waals surface area contributed by atoms with E-state index in [0.29, 0.717) is 11.0 Å². The molecule has 2 saturated heterocycles. The molecule has 0 bridgehead atoms. The van der Waals surface area contributed by atoms with Crippen LogP contribution in [0.15, 0.2) is 30.6 Å². The van der Waals surface area contributed by atoms with Gasteiger partial charge in [0, 0.05) is 49.3 Å². The summed E-state index contributed by atoms with van der Waals surface area (Å²) in [6.07, 6.45) is 1.46. The maximum atomic E-state index is 5.98. The number of benzene rings is 1. The minimum atomic E-state index is 0.417. The van der Waals surface area contributed by atoms with E-state index in [-0.39, 0.29) is 0 Å². The zero-order valence-electron chi connectivity index (χ0n) is 14.5. The smallest absolute Gasteiger partial charge is 0.135 e. The first kappa shape index (κ1) is 17.3. The molecular weight excluding hydrogens is 354 g/mol. The lowest BCUT2D eigenvalue weighted by atomic mass is 10.2. The van der Waals surface area contributed by atoms with Gasteiger partial charge in [-0.3, -0.25) is 0 Å². The topological polar surface area (TPSA) is 62.8 Å². The maximum Gasteiger partial charge on any atom is 0.135 e. The van der Waals surface area contributed by atoms with E-state index in [4.69, 9.17) is 21.1 Å².